The Hall–Kier alpha value is -0.0800. The molecule has 2 rings (SSSR count). The molecular weight excluding hydrogens is 415 g/mol. The van der Waals surface area contributed by atoms with E-state index >= 15 is 0 Å². The third-order valence-electron chi connectivity index (χ3n) is 5.22. The van der Waals surface area contributed by atoms with E-state index in [-0.39, 0.29) is 24.0 Å². The van der Waals surface area contributed by atoms with Gasteiger partial charge in [0.15, 0.2) is 5.96 Å². The van der Waals surface area contributed by atoms with Gasteiger partial charge in [-0.15, -0.1) is 24.0 Å². The average Bonchev–Trinajstić information content (AvgIpc) is 2.59. The number of nitrogens with one attached hydrogen (secondary N) is 2. The molecule has 142 valence electrons. The molecule has 0 amide bonds. The molecule has 0 aromatic carbocycles. The van der Waals surface area contributed by atoms with Crippen LogP contribution in [0.1, 0.15) is 46.5 Å². The molecule has 1 aliphatic heterocycles. The smallest absolute Gasteiger partial charge is 0.191 e. The van der Waals surface area contributed by atoms with Crippen LogP contribution in [0.25, 0.3) is 0 Å². The average molecular weight is 452 g/mol. The van der Waals surface area contributed by atoms with Crippen molar-refractivity contribution in [3.63, 3.8) is 0 Å². The second kappa shape index (κ2) is 12.3. The number of rotatable bonds is 6. The lowest BCUT2D eigenvalue weighted by molar-refractivity contribution is 0.0220. The van der Waals surface area contributed by atoms with E-state index in [0.717, 1.165) is 63.7 Å². The summed E-state index contributed by atoms with van der Waals surface area (Å²) in [4.78, 5) is 7.27. The summed E-state index contributed by atoms with van der Waals surface area (Å²) in [6, 6.07) is 0.477. The lowest BCUT2D eigenvalue weighted by atomic mass is 9.83. The van der Waals surface area contributed by atoms with Crippen LogP contribution in [0.15, 0.2) is 4.99 Å². The molecule has 0 bridgehead atoms. The predicted molar refractivity (Wildman–Crippen MR) is 112 cm³/mol. The summed E-state index contributed by atoms with van der Waals surface area (Å²) in [6.07, 6.45) is 5.48. The van der Waals surface area contributed by atoms with Crippen molar-refractivity contribution in [3.8, 4) is 0 Å². The van der Waals surface area contributed by atoms with Crippen molar-refractivity contribution in [3.05, 3.63) is 0 Å². The Balaban J connectivity index is 0.00000288. The Morgan fingerprint density at radius 2 is 1.83 bits per heavy atom. The maximum atomic E-state index is 5.43. The van der Waals surface area contributed by atoms with Gasteiger partial charge < -0.3 is 15.4 Å². The van der Waals surface area contributed by atoms with Gasteiger partial charge in [-0.05, 0) is 38.5 Å². The van der Waals surface area contributed by atoms with Gasteiger partial charge in [-0.3, -0.25) is 9.89 Å². The lowest BCUT2D eigenvalue weighted by Gasteiger charge is -2.31. The summed E-state index contributed by atoms with van der Waals surface area (Å²) >= 11 is 0. The molecule has 1 saturated carbocycles. The van der Waals surface area contributed by atoms with Gasteiger partial charge in [0.1, 0.15) is 0 Å². The molecule has 0 spiro atoms. The molecule has 2 fully saturated rings. The molecule has 24 heavy (non-hydrogen) atoms. The fraction of sp³-hybridized carbons (Fsp3) is 0.944. The number of ether oxygens (including phenoxy) is 1. The minimum Gasteiger partial charge on any atom is -0.379 e. The number of morpholine rings is 1. The topological polar surface area (TPSA) is 48.9 Å². The minimum absolute atomic E-state index is 0. The second-order valence-corrected chi connectivity index (χ2v) is 7.22. The zero-order chi connectivity index (χ0) is 16.5. The number of halogens is 1. The van der Waals surface area contributed by atoms with Crippen molar-refractivity contribution in [2.24, 2.45) is 16.8 Å². The molecule has 0 radical (unpaired) electrons. The number of nitrogens with zero attached hydrogens (tertiary/aromatic N) is 2. The quantitative estimate of drug-likeness (QED) is 0.370. The largest absolute Gasteiger partial charge is 0.379 e. The first-order chi connectivity index (χ1) is 11.2. The van der Waals surface area contributed by atoms with Crippen LogP contribution in [0, 0.1) is 11.8 Å². The van der Waals surface area contributed by atoms with Crippen LogP contribution in [0.2, 0.25) is 0 Å². The third-order valence-corrected chi connectivity index (χ3v) is 5.22. The van der Waals surface area contributed by atoms with Crippen LogP contribution in [-0.4, -0.2) is 62.8 Å². The molecule has 1 unspecified atom stereocenters. The van der Waals surface area contributed by atoms with Crippen LogP contribution in [0.5, 0.6) is 0 Å². The Morgan fingerprint density at radius 3 is 2.46 bits per heavy atom. The van der Waals surface area contributed by atoms with Crippen molar-refractivity contribution in [2.45, 2.75) is 52.5 Å². The Morgan fingerprint density at radius 1 is 1.17 bits per heavy atom. The molecule has 1 aliphatic carbocycles. The van der Waals surface area contributed by atoms with Crippen LogP contribution < -0.4 is 10.6 Å². The van der Waals surface area contributed by atoms with Crippen molar-refractivity contribution < 1.29 is 4.74 Å². The molecule has 2 aliphatic rings. The zero-order valence-electron chi connectivity index (χ0n) is 15.7. The fourth-order valence-corrected chi connectivity index (χ4v) is 3.47. The Bertz CT molecular complexity index is 353. The van der Waals surface area contributed by atoms with E-state index in [0.29, 0.717) is 6.04 Å². The second-order valence-electron chi connectivity index (χ2n) is 7.22. The van der Waals surface area contributed by atoms with Gasteiger partial charge in [0.2, 0.25) is 0 Å². The number of hydrogen-bond acceptors (Lipinski definition) is 3. The highest BCUT2D eigenvalue weighted by Crippen LogP contribution is 2.27. The first kappa shape index (κ1) is 22.0. The SMILES string of the molecule is CCNC(=NCC(C)N1CCOCC1)NCC1CCC(C)CC1.I. The first-order valence-corrected chi connectivity index (χ1v) is 9.53. The van der Waals surface area contributed by atoms with E-state index in [4.69, 9.17) is 9.73 Å². The molecule has 2 N–H and O–H groups in total. The van der Waals surface area contributed by atoms with Gasteiger partial charge in [-0.25, -0.2) is 0 Å². The van der Waals surface area contributed by atoms with E-state index in [1.807, 2.05) is 0 Å². The monoisotopic (exact) mass is 452 g/mol. The molecular formula is C18H37IN4O. The Kier molecular flexibility index (Phi) is 11.3. The maximum absolute atomic E-state index is 5.43. The summed E-state index contributed by atoms with van der Waals surface area (Å²) in [5.41, 5.74) is 0. The minimum atomic E-state index is 0. The molecule has 5 nitrogen and oxygen atoms in total. The summed E-state index contributed by atoms with van der Waals surface area (Å²) in [7, 11) is 0. The lowest BCUT2D eigenvalue weighted by Crippen LogP contribution is -2.45. The molecule has 0 aromatic heterocycles. The molecule has 1 heterocycles. The number of aliphatic imine (C=N–C) groups is 1. The number of guanidine groups is 1. The fourth-order valence-electron chi connectivity index (χ4n) is 3.47. The van der Waals surface area contributed by atoms with Crippen molar-refractivity contribution >= 4 is 29.9 Å². The summed E-state index contributed by atoms with van der Waals surface area (Å²) < 4.78 is 5.43. The molecule has 1 saturated heterocycles. The standard InChI is InChI=1S/C18H36N4O.HI/c1-4-19-18(21-14-17-7-5-15(2)6-8-17)20-13-16(3)22-9-11-23-12-10-22;/h15-17H,4-14H2,1-3H3,(H2,19,20,21);1H. The highest BCUT2D eigenvalue weighted by molar-refractivity contribution is 14.0. The predicted octanol–water partition coefficient (Wildman–Crippen LogP) is 2.71. The third kappa shape index (κ3) is 7.87. The van der Waals surface area contributed by atoms with Crippen LogP contribution >= 0.6 is 24.0 Å². The van der Waals surface area contributed by atoms with Crippen LogP contribution in [0.4, 0.5) is 0 Å². The van der Waals surface area contributed by atoms with E-state index in [2.05, 4.69) is 36.3 Å². The highest BCUT2D eigenvalue weighted by Gasteiger charge is 2.19. The molecule has 1 atom stereocenters. The maximum Gasteiger partial charge on any atom is 0.191 e. The van der Waals surface area contributed by atoms with Crippen molar-refractivity contribution in [1.82, 2.24) is 15.5 Å². The van der Waals surface area contributed by atoms with Crippen molar-refractivity contribution in [1.29, 1.82) is 0 Å². The number of hydrogen-bond donors (Lipinski definition) is 2. The van der Waals surface area contributed by atoms with Gasteiger partial charge in [0.25, 0.3) is 0 Å². The van der Waals surface area contributed by atoms with Gasteiger partial charge in [0, 0.05) is 32.2 Å². The zero-order valence-corrected chi connectivity index (χ0v) is 18.1. The van der Waals surface area contributed by atoms with Gasteiger partial charge in [-0.1, -0.05) is 19.8 Å². The molecule has 6 heteroatoms. The summed E-state index contributed by atoms with van der Waals surface area (Å²) in [5.74, 6) is 2.71. The molecule has 0 aromatic rings. The summed E-state index contributed by atoms with van der Waals surface area (Å²) in [6.45, 7) is 13.4. The van der Waals surface area contributed by atoms with Gasteiger partial charge in [-0.2, -0.15) is 0 Å². The highest BCUT2D eigenvalue weighted by atomic mass is 127. The van der Waals surface area contributed by atoms with E-state index < -0.39 is 0 Å². The normalized spacial score (nSPS) is 27.2. The van der Waals surface area contributed by atoms with Gasteiger partial charge >= 0.3 is 0 Å². The first-order valence-electron chi connectivity index (χ1n) is 9.53. The summed E-state index contributed by atoms with van der Waals surface area (Å²) in [5, 5.41) is 6.94. The van der Waals surface area contributed by atoms with E-state index in [1.165, 1.54) is 25.7 Å². The van der Waals surface area contributed by atoms with Gasteiger partial charge in [0.05, 0.1) is 19.8 Å². The van der Waals surface area contributed by atoms with Crippen molar-refractivity contribution in [2.75, 3.05) is 45.9 Å². The van der Waals surface area contributed by atoms with E-state index in [1.54, 1.807) is 0 Å². The van der Waals surface area contributed by atoms with Crippen LogP contribution in [0.3, 0.4) is 0 Å². The van der Waals surface area contributed by atoms with E-state index in [9.17, 15) is 0 Å². The Labute approximate surface area is 165 Å². The van der Waals surface area contributed by atoms with Crippen LogP contribution in [-0.2, 0) is 4.74 Å².